The van der Waals surface area contributed by atoms with Crippen LogP contribution in [0.2, 0.25) is 0 Å². The number of rotatable bonds is 5. The molecule has 0 aromatic heterocycles. The second kappa shape index (κ2) is 7.82. The number of alkyl halides is 3. The average molecular weight is 370 g/mol. The topological polar surface area (TPSA) is 35.5 Å². The van der Waals surface area contributed by atoms with Gasteiger partial charge in [0.1, 0.15) is 6.10 Å². The number of benzene rings is 1. The minimum absolute atomic E-state index is 0.0555. The number of allylic oxidation sites excluding steroid dienone is 1. The maximum absolute atomic E-state index is 13.9. The van der Waals surface area contributed by atoms with Gasteiger partial charge in [-0.1, -0.05) is 62.8 Å². The smallest absolute Gasteiger partial charge is 0.432 e. The molecule has 1 aliphatic rings. The fourth-order valence-corrected chi connectivity index (χ4v) is 3.24. The zero-order chi connectivity index (χ0) is 19.5. The molecule has 0 fully saturated rings. The second-order valence-corrected chi connectivity index (χ2v) is 7.04. The zero-order valence-electron chi connectivity index (χ0n) is 15.5. The van der Waals surface area contributed by atoms with Gasteiger partial charge in [-0.3, -0.25) is 0 Å². The maximum Gasteiger partial charge on any atom is 0.432 e. The molecular weight excluding hydrogens is 345 g/mol. The van der Waals surface area contributed by atoms with Crippen molar-refractivity contribution < 1.29 is 27.4 Å². The molecule has 3 atom stereocenters. The van der Waals surface area contributed by atoms with Gasteiger partial charge < -0.3 is 9.47 Å². The summed E-state index contributed by atoms with van der Waals surface area (Å²) in [5, 5.41) is 0. The molecule has 0 spiro atoms. The van der Waals surface area contributed by atoms with Gasteiger partial charge in [0.2, 0.25) is 0 Å². The predicted octanol–water partition coefficient (Wildman–Crippen LogP) is 5.01. The van der Waals surface area contributed by atoms with Gasteiger partial charge in [-0.05, 0) is 18.3 Å². The van der Waals surface area contributed by atoms with E-state index in [0.29, 0.717) is 12.8 Å². The minimum atomic E-state index is -4.95. The molecule has 0 saturated heterocycles. The third-order valence-corrected chi connectivity index (χ3v) is 5.00. The highest BCUT2D eigenvalue weighted by Crippen LogP contribution is 2.44. The number of halogens is 3. The van der Waals surface area contributed by atoms with Crippen molar-refractivity contribution in [2.45, 2.75) is 51.5 Å². The molecule has 0 radical (unpaired) electrons. The molecule has 0 saturated carbocycles. The zero-order valence-corrected chi connectivity index (χ0v) is 15.5. The number of methoxy groups -OCH3 is 1. The SMILES string of the molecule is CO[C@@](C(=O)O[C@@H]1CC(C(C)C)=CC[C@@H]1C)(c1ccccc1)C(F)(F)F. The lowest BCUT2D eigenvalue weighted by molar-refractivity contribution is -0.279. The van der Waals surface area contributed by atoms with Crippen molar-refractivity contribution >= 4 is 5.97 Å². The standard InChI is InChI=1S/C20H25F3O3/c1-13(2)15-11-10-14(3)17(12-15)26-18(24)19(25-4,20(21,22)23)16-8-6-5-7-9-16/h5-9,11,13-14,17H,10,12H2,1-4H3/t14-,17+,19+/m0/s1. The van der Waals surface area contributed by atoms with E-state index in [-0.39, 0.29) is 17.4 Å². The van der Waals surface area contributed by atoms with Crippen LogP contribution in [0.25, 0.3) is 0 Å². The van der Waals surface area contributed by atoms with E-state index in [1.807, 2.05) is 20.8 Å². The van der Waals surface area contributed by atoms with E-state index in [0.717, 1.165) is 12.7 Å². The highest BCUT2D eigenvalue weighted by atomic mass is 19.4. The third kappa shape index (κ3) is 3.80. The Morgan fingerprint density at radius 2 is 1.81 bits per heavy atom. The van der Waals surface area contributed by atoms with E-state index in [1.54, 1.807) is 6.07 Å². The quantitative estimate of drug-likeness (QED) is 0.540. The van der Waals surface area contributed by atoms with Gasteiger partial charge in [0.05, 0.1) is 0 Å². The molecule has 1 aromatic rings. The third-order valence-electron chi connectivity index (χ3n) is 5.00. The lowest BCUT2D eigenvalue weighted by atomic mass is 9.83. The number of carbonyl (C=O) groups is 1. The Morgan fingerprint density at radius 3 is 2.31 bits per heavy atom. The Hall–Kier alpha value is -1.82. The summed E-state index contributed by atoms with van der Waals surface area (Å²) < 4.78 is 52.0. The predicted molar refractivity (Wildman–Crippen MR) is 92.4 cm³/mol. The minimum Gasteiger partial charge on any atom is -0.459 e. The van der Waals surface area contributed by atoms with E-state index in [1.165, 1.54) is 24.3 Å². The summed E-state index contributed by atoms with van der Waals surface area (Å²) in [7, 11) is 0.880. The second-order valence-electron chi connectivity index (χ2n) is 7.04. The monoisotopic (exact) mass is 370 g/mol. The Morgan fingerprint density at radius 1 is 1.19 bits per heavy atom. The molecule has 0 bridgehead atoms. The van der Waals surface area contributed by atoms with Gasteiger partial charge in [-0.25, -0.2) is 4.79 Å². The van der Waals surface area contributed by atoms with Crippen LogP contribution in [0.1, 0.15) is 39.2 Å². The molecule has 0 amide bonds. The van der Waals surface area contributed by atoms with Crippen LogP contribution >= 0.6 is 0 Å². The fraction of sp³-hybridized carbons (Fsp3) is 0.550. The summed E-state index contributed by atoms with van der Waals surface area (Å²) in [5.41, 5.74) is -2.33. The van der Waals surface area contributed by atoms with Crippen LogP contribution < -0.4 is 0 Å². The Labute approximate surface area is 152 Å². The van der Waals surface area contributed by atoms with E-state index < -0.39 is 23.9 Å². The molecule has 144 valence electrons. The molecular formula is C20H25F3O3. The van der Waals surface area contributed by atoms with E-state index in [2.05, 4.69) is 6.08 Å². The molecule has 0 aliphatic heterocycles. The number of hydrogen-bond donors (Lipinski definition) is 0. The van der Waals surface area contributed by atoms with Crippen molar-refractivity contribution in [2.24, 2.45) is 11.8 Å². The Bertz CT molecular complexity index is 652. The van der Waals surface area contributed by atoms with Crippen LogP contribution in [0.15, 0.2) is 42.0 Å². The first-order valence-electron chi connectivity index (χ1n) is 8.70. The first-order valence-corrected chi connectivity index (χ1v) is 8.70. The Balaban J connectivity index is 2.35. The molecule has 1 aliphatic carbocycles. The van der Waals surface area contributed by atoms with Crippen LogP contribution in [0.5, 0.6) is 0 Å². The molecule has 1 aromatic carbocycles. The summed E-state index contributed by atoms with van der Waals surface area (Å²) in [4.78, 5) is 12.7. The largest absolute Gasteiger partial charge is 0.459 e. The van der Waals surface area contributed by atoms with Gasteiger partial charge in [-0.15, -0.1) is 0 Å². The summed E-state index contributed by atoms with van der Waals surface area (Å²) in [5.74, 6) is -1.21. The van der Waals surface area contributed by atoms with Crippen molar-refractivity contribution in [1.82, 2.24) is 0 Å². The molecule has 0 heterocycles. The Kier molecular flexibility index (Phi) is 6.17. The molecule has 0 N–H and O–H groups in total. The lowest BCUT2D eigenvalue weighted by Gasteiger charge is -2.36. The molecule has 0 unspecified atom stereocenters. The summed E-state index contributed by atoms with van der Waals surface area (Å²) in [6.07, 6.45) is -2.36. The lowest BCUT2D eigenvalue weighted by Crippen LogP contribution is -2.53. The highest BCUT2D eigenvalue weighted by molar-refractivity contribution is 5.83. The first-order chi connectivity index (χ1) is 12.1. The number of carbonyl (C=O) groups excluding carboxylic acids is 1. The van der Waals surface area contributed by atoms with Gasteiger partial charge in [-0.2, -0.15) is 13.2 Å². The average Bonchev–Trinajstić information content (AvgIpc) is 2.57. The van der Waals surface area contributed by atoms with Crippen molar-refractivity contribution in [2.75, 3.05) is 7.11 Å². The van der Waals surface area contributed by atoms with Crippen molar-refractivity contribution in [3.05, 3.63) is 47.5 Å². The van der Waals surface area contributed by atoms with Crippen LogP contribution in [0, 0.1) is 11.8 Å². The summed E-state index contributed by atoms with van der Waals surface area (Å²) in [6, 6.07) is 6.90. The van der Waals surface area contributed by atoms with Crippen LogP contribution in [-0.4, -0.2) is 25.4 Å². The summed E-state index contributed by atoms with van der Waals surface area (Å²) in [6.45, 7) is 5.90. The summed E-state index contributed by atoms with van der Waals surface area (Å²) >= 11 is 0. The molecule has 26 heavy (non-hydrogen) atoms. The first kappa shape index (κ1) is 20.5. The van der Waals surface area contributed by atoms with Crippen molar-refractivity contribution in [1.29, 1.82) is 0 Å². The van der Waals surface area contributed by atoms with Crippen LogP contribution in [0.3, 0.4) is 0 Å². The fourth-order valence-electron chi connectivity index (χ4n) is 3.24. The number of hydrogen-bond acceptors (Lipinski definition) is 3. The number of esters is 1. The van der Waals surface area contributed by atoms with E-state index >= 15 is 0 Å². The maximum atomic E-state index is 13.9. The van der Waals surface area contributed by atoms with E-state index in [9.17, 15) is 18.0 Å². The van der Waals surface area contributed by atoms with Crippen LogP contribution in [-0.2, 0) is 19.9 Å². The van der Waals surface area contributed by atoms with Crippen LogP contribution in [0.4, 0.5) is 13.2 Å². The van der Waals surface area contributed by atoms with Gasteiger partial charge >= 0.3 is 12.1 Å². The highest BCUT2D eigenvalue weighted by Gasteiger charge is 2.64. The van der Waals surface area contributed by atoms with Gasteiger partial charge in [0, 0.05) is 19.1 Å². The molecule has 2 rings (SSSR count). The van der Waals surface area contributed by atoms with Gasteiger partial charge in [0.25, 0.3) is 5.60 Å². The van der Waals surface area contributed by atoms with Gasteiger partial charge in [0.15, 0.2) is 0 Å². The molecule has 3 nitrogen and oxygen atoms in total. The molecule has 6 heteroatoms. The van der Waals surface area contributed by atoms with Crippen molar-refractivity contribution in [3.63, 3.8) is 0 Å². The van der Waals surface area contributed by atoms with Crippen molar-refractivity contribution in [3.8, 4) is 0 Å². The number of ether oxygens (including phenoxy) is 2. The normalized spacial score (nSPS) is 23.3. The van der Waals surface area contributed by atoms with E-state index in [4.69, 9.17) is 9.47 Å².